The van der Waals surface area contributed by atoms with E-state index in [-0.39, 0.29) is 55.2 Å². The van der Waals surface area contributed by atoms with E-state index in [0.29, 0.717) is 29.8 Å². The topological polar surface area (TPSA) is 113 Å². The molecule has 2 saturated heterocycles. The van der Waals surface area contributed by atoms with E-state index in [1.165, 1.54) is 21.9 Å². The largest absolute Gasteiger partial charge is 0.339 e. The van der Waals surface area contributed by atoms with Crippen LogP contribution < -0.4 is 4.90 Å². The number of rotatable bonds is 3. The molecule has 194 valence electrons. The predicted octanol–water partition coefficient (Wildman–Crippen LogP) is 3.39. The quantitative estimate of drug-likeness (QED) is 0.553. The number of halogens is 2. The summed E-state index contributed by atoms with van der Waals surface area (Å²) in [6.07, 6.45) is 3.48. The first-order valence-electron chi connectivity index (χ1n) is 12.6. The molecule has 0 radical (unpaired) electrons. The van der Waals surface area contributed by atoms with E-state index in [1.54, 1.807) is 29.3 Å². The van der Waals surface area contributed by atoms with Gasteiger partial charge in [0.15, 0.2) is 0 Å². The minimum atomic E-state index is -1.14. The van der Waals surface area contributed by atoms with Crippen molar-refractivity contribution in [3.05, 3.63) is 58.5 Å². The summed E-state index contributed by atoms with van der Waals surface area (Å²) in [4.78, 5) is 44.9. The summed E-state index contributed by atoms with van der Waals surface area (Å²) in [6.45, 7) is 0.749. The Morgan fingerprint density at radius 1 is 1.21 bits per heavy atom. The molecule has 4 heterocycles. The second-order valence-electron chi connectivity index (χ2n) is 10.1. The highest BCUT2D eigenvalue weighted by Gasteiger charge is 2.54. The van der Waals surface area contributed by atoms with Gasteiger partial charge in [-0.15, -0.1) is 0 Å². The molecular formula is C27H24ClFN6O3. The molecule has 38 heavy (non-hydrogen) atoms. The van der Waals surface area contributed by atoms with Crippen LogP contribution in [-0.4, -0.2) is 69.9 Å². The van der Waals surface area contributed by atoms with E-state index in [9.17, 15) is 24.0 Å². The van der Waals surface area contributed by atoms with Gasteiger partial charge in [-0.1, -0.05) is 11.6 Å². The number of fused-ring (bicyclic) bond motifs is 3. The van der Waals surface area contributed by atoms with E-state index in [4.69, 9.17) is 11.6 Å². The minimum absolute atomic E-state index is 0.132. The van der Waals surface area contributed by atoms with Crippen LogP contribution in [-0.2, 0) is 15.0 Å². The van der Waals surface area contributed by atoms with Gasteiger partial charge in [-0.05, 0) is 56.0 Å². The molecule has 11 heteroatoms. The Kier molecular flexibility index (Phi) is 5.83. The lowest BCUT2D eigenvalue weighted by Gasteiger charge is -2.39. The summed E-state index contributed by atoms with van der Waals surface area (Å²) in [5, 5.41) is 16.9. The highest BCUT2D eigenvalue weighted by atomic mass is 35.5. The zero-order valence-corrected chi connectivity index (χ0v) is 21.2. The fourth-order valence-corrected chi connectivity index (χ4v) is 6.43. The van der Waals surface area contributed by atoms with Crippen LogP contribution in [0.2, 0.25) is 5.02 Å². The lowest BCUT2D eigenvalue weighted by Crippen LogP contribution is -2.52. The summed E-state index contributed by atoms with van der Waals surface area (Å²) in [5.74, 6) is -1.45. The van der Waals surface area contributed by atoms with Crippen molar-refractivity contribution in [3.8, 4) is 6.07 Å². The van der Waals surface area contributed by atoms with Crippen LogP contribution in [0, 0.1) is 17.1 Å². The number of hydrogen-bond donors (Lipinski definition) is 1. The molecule has 3 aliphatic heterocycles. The highest BCUT2D eigenvalue weighted by Crippen LogP contribution is 2.51. The van der Waals surface area contributed by atoms with Crippen molar-refractivity contribution in [1.29, 1.82) is 5.26 Å². The summed E-state index contributed by atoms with van der Waals surface area (Å²) in [5.41, 5.74) is 0.991. The number of benzene rings is 2. The van der Waals surface area contributed by atoms with E-state index in [0.717, 1.165) is 17.3 Å². The molecule has 1 atom stereocenters. The van der Waals surface area contributed by atoms with Crippen molar-refractivity contribution in [2.45, 2.75) is 37.1 Å². The fraction of sp³-hybridized carbons (Fsp3) is 0.370. The summed E-state index contributed by atoms with van der Waals surface area (Å²) < 4.78 is 14.7. The fourth-order valence-electron chi connectivity index (χ4n) is 6.09. The Hall–Kier alpha value is -3.97. The summed E-state index contributed by atoms with van der Waals surface area (Å²) in [7, 11) is 0. The minimum Gasteiger partial charge on any atom is -0.339 e. The molecule has 0 bridgehead atoms. The predicted molar refractivity (Wildman–Crippen MR) is 137 cm³/mol. The van der Waals surface area contributed by atoms with Crippen LogP contribution in [0.1, 0.15) is 41.6 Å². The number of carbonyl (C=O) groups excluding carboxylic acids is 3. The SMILES string of the molecule is N#CC1CCCN1C(=O)CN1C(=O)C2(CCN(C(=O)c3ccc4[nH]ncc4c3)CC2)c2c1ccc(F)c2Cl. The number of nitrogens with one attached hydrogen (secondary N) is 1. The normalized spacial score (nSPS) is 20.3. The van der Waals surface area contributed by atoms with Gasteiger partial charge in [-0.2, -0.15) is 10.4 Å². The zero-order chi connectivity index (χ0) is 26.6. The Morgan fingerprint density at radius 2 is 2.00 bits per heavy atom. The van der Waals surface area contributed by atoms with Crippen LogP contribution in [0.15, 0.2) is 36.5 Å². The van der Waals surface area contributed by atoms with Gasteiger partial charge in [0.1, 0.15) is 18.4 Å². The molecule has 3 amide bonds. The van der Waals surface area contributed by atoms with Crippen molar-refractivity contribution in [2.24, 2.45) is 0 Å². The van der Waals surface area contributed by atoms with Crippen LogP contribution >= 0.6 is 11.6 Å². The second-order valence-corrected chi connectivity index (χ2v) is 10.4. The van der Waals surface area contributed by atoms with E-state index < -0.39 is 17.3 Å². The van der Waals surface area contributed by atoms with Gasteiger partial charge in [0.05, 0.1) is 33.9 Å². The number of hydrogen-bond acceptors (Lipinski definition) is 5. The third-order valence-corrected chi connectivity index (χ3v) is 8.47. The molecule has 1 unspecified atom stereocenters. The van der Waals surface area contributed by atoms with Gasteiger partial charge in [0, 0.05) is 36.1 Å². The third kappa shape index (κ3) is 3.64. The lowest BCUT2D eigenvalue weighted by atomic mass is 9.73. The molecule has 2 fully saturated rings. The molecule has 2 aromatic carbocycles. The van der Waals surface area contributed by atoms with E-state index in [1.807, 2.05) is 0 Å². The van der Waals surface area contributed by atoms with Crippen molar-refractivity contribution in [3.63, 3.8) is 0 Å². The number of piperidine rings is 1. The number of carbonyl (C=O) groups is 3. The van der Waals surface area contributed by atoms with Crippen LogP contribution in [0.3, 0.4) is 0 Å². The molecule has 9 nitrogen and oxygen atoms in total. The molecule has 3 aliphatic rings. The average molecular weight is 535 g/mol. The van der Waals surface area contributed by atoms with Gasteiger partial charge in [-0.3, -0.25) is 19.5 Å². The standard InChI is InChI=1S/C27H24ClFN6O3/c28-24-19(29)4-6-21-23(24)27(26(38)35(21)15-22(36)34-9-1-2-18(34)13-30)7-10-33(11-8-27)25(37)16-3-5-20-17(12-16)14-31-32-20/h3-6,12,14,18H,1-2,7-11,15H2,(H,31,32). The first-order chi connectivity index (χ1) is 18.3. The maximum atomic E-state index is 14.7. The molecule has 0 aliphatic carbocycles. The lowest BCUT2D eigenvalue weighted by molar-refractivity contribution is -0.132. The third-order valence-electron chi connectivity index (χ3n) is 8.10. The van der Waals surface area contributed by atoms with Gasteiger partial charge in [-0.25, -0.2) is 4.39 Å². The smallest absolute Gasteiger partial charge is 0.253 e. The second kappa shape index (κ2) is 9.10. The van der Waals surface area contributed by atoms with Gasteiger partial charge in [0.2, 0.25) is 11.8 Å². The van der Waals surface area contributed by atoms with Gasteiger partial charge >= 0.3 is 0 Å². The van der Waals surface area contributed by atoms with Crippen LogP contribution in [0.25, 0.3) is 10.9 Å². The Balaban J connectivity index is 1.27. The number of amides is 3. The Labute approximate surface area is 222 Å². The number of likely N-dealkylation sites (tertiary alicyclic amines) is 2. The summed E-state index contributed by atoms with van der Waals surface area (Å²) >= 11 is 6.46. The number of aromatic amines is 1. The molecular weight excluding hydrogens is 511 g/mol. The number of aromatic nitrogens is 2. The number of anilines is 1. The number of nitriles is 1. The zero-order valence-electron chi connectivity index (χ0n) is 20.4. The van der Waals surface area contributed by atoms with Gasteiger partial charge in [0.25, 0.3) is 5.91 Å². The molecule has 3 aromatic rings. The molecule has 1 N–H and O–H groups in total. The number of nitrogens with zero attached hydrogens (tertiary/aromatic N) is 5. The highest BCUT2D eigenvalue weighted by molar-refractivity contribution is 6.33. The first-order valence-corrected chi connectivity index (χ1v) is 12.9. The van der Waals surface area contributed by atoms with E-state index in [2.05, 4.69) is 16.3 Å². The maximum absolute atomic E-state index is 14.7. The van der Waals surface area contributed by atoms with Crippen LogP contribution in [0.4, 0.5) is 10.1 Å². The Morgan fingerprint density at radius 3 is 2.76 bits per heavy atom. The molecule has 1 spiro atoms. The molecule has 6 rings (SSSR count). The molecule has 1 aromatic heterocycles. The van der Waals surface area contributed by atoms with Crippen molar-refractivity contribution < 1.29 is 18.8 Å². The first kappa shape index (κ1) is 24.4. The summed E-state index contributed by atoms with van der Waals surface area (Å²) in [6, 6.07) is 9.62. The van der Waals surface area contributed by atoms with Gasteiger partial charge < -0.3 is 14.7 Å². The van der Waals surface area contributed by atoms with Crippen molar-refractivity contribution in [2.75, 3.05) is 31.1 Å². The van der Waals surface area contributed by atoms with Crippen molar-refractivity contribution >= 4 is 45.9 Å². The maximum Gasteiger partial charge on any atom is 0.253 e. The Bertz CT molecular complexity index is 1520. The van der Waals surface area contributed by atoms with Crippen LogP contribution in [0.5, 0.6) is 0 Å². The number of H-pyrrole nitrogens is 1. The van der Waals surface area contributed by atoms with Crippen molar-refractivity contribution in [1.82, 2.24) is 20.0 Å². The molecule has 0 saturated carbocycles. The average Bonchev–Trinajstić information content (AvgIpc) is 3.65. The van der Waals surface area contributed by atoms with E-state index >= 15 is 0 Å². The monoisotopic (exact) mass is 534 g/mol.